The standard InChI is InChI=1S/C20H38N4O4S2/c1-20(29(25,26)23-18-14-10-6-2-4-8-12-16-21)30(27,28)24-19-15-11-7-3-5-9-13-17-22/h20,23-24H,2-15,18-19H2,1H3. The third-order valence-electron chi connectivity index (χ3n) is 4.91. The molecule has 0 saturated carbocycles. The van der Waals surface area contributed by atoms with Gasteiger partial charge >= 0.3 is 0 Å². The molecule has 0 aliphatic rings. The molecule has 8 nitrogen and oxygen atoms in total. The van der Waals surface area contributed by atoms with Gasteiger partial charge in [0, 0.05) is 25.9 Å². The summed E-state index contributed by atoms with van der Waals surface area (Å²) < 4.78 is 52.3. The molecule has 0 unspecified atom stereocenters. The van der Waals surface area contributed by atoms with Crippen LogP contribution in [0.2, 0.25) is 0 Å². The lowest BCUT2D eigenvalue weighted by Crippen LogP contribution is -2.43. The molecule has 0 fully saturated rings. The van der Waals surface area contributed by atoms with Crippen LogP contribution in [0.25, 0.3) is 0 Å². The molecule has 2 N–H and O–H groups in total. The first-order valence-corrected chi connectivity index (χ1v) is 14.1. The van der Waals surface area contributed by atoms with Gasteiger partial charge in [-0.1, -0.05) is 51.4 Å². The monoisotopic (exact) mass is 462 g/mol. The van der Waals surface area contributed by atoms with E-state index >= 15 is 0 Å². The molecule has 0 amide bonds. The largest absolute Gasteiger partial charge is 0.230 e. The van der Waals surface area contributed by atoms with Crippen molar-refractivity contribution in [3.05, 3.63) is 0 Å². The fourth-order valence-corrected chi connectivity index (χ4v) is 5.97. The number of sulfonamides is 2. The van der Waals surface area contributed by atoms with Crippen molar-refractivity contribution in [2.75, 3.05) is 13.1 Å². The summed E-state index contributed by atoms with van der Waals surface area (Å²) in [5.41, 5.74) is 0. The van der Waals surface area contributed by atoms with Crippen molar-refractivity contribution >= 4 is 20.0 Å². The fraction of sp³-hybridized carbons (Fsp3) is 0.900. The molecule has 0 saturated heterocycles. The van der Waals surface area contributed by atoms with Crippen LogP contribution >= 0.6 is 0 Å². The summed E-state index contributed by atoms with van der Waals surface area (Å²) in [6.07, 6.45) is 12.0. The number of hydrogen-bond acceptors (Lipinski definition) is 6. The van der Waals surface area contributed by atoms with Crippen molar-refractivity contribution < 1.29 is 16.8 Å². The van der Waals surface area contributed by atoms with Gasteiger partial charge in [-0.15, -0.1) is 0 Å². The second-order valence-corrected chi connectivity index (χ2v) is 12.0. The second-order valence-electron chi connectivity index (χ2n) is 7.51. The van der Waals surface area contributed by atoms with Gasteiger partial charge in [0.2, 0.25) is 20.0 Å². The van der Waals surface area contributed by atoms with E-state index in [9.17, 15) is 16.8 Å². The summed E-state index contributed by atoms with van der Waals surface area (Å²) in [6, 6.07) is 4.22. The highest BCUT2D eigenvalue weighted by Crippen LogP contribution is 2.10. The Hall–Kier alpha value is -1.20. The molecule has 0 radical (unpaired) electrons. The van der Waals surface area contributed by atoms with Crippen molar-refractivity contribution in [1.29, 1.82) is 10.5 Å². The normalized spacial score (nSPS) is 12.0. The van der Waals surface area contributed by atoms with Crippen LogP contribution in [0, 0.1) is 22.7 Å². The molecule has 0 spiro atoms. The highest BCUT2D eigenvalue weighted by Gasteiger charge is 2.32. The predicted molar refractivity (Wildman–Crippen MR) is 119 cm³/mol. The molecule has 0 heterocycles. The Morgan fingerprint density at radius 2 is 0.900 bits per heavy atom. The van der Waals surface area contributed by atoms with Gasteiger partial charge in [0.05, 0.1) is 12.1 Å². The third-order valence-corrected chi connectivity index (χ3v) is 9.39. The van der Waals surface area contributed by atoms with Gasteiger partial charge in [-0.2, -0.15) is 10.5 Å². The van der Waals surface area contributed by atoms with Gasteiger partial charge in [-0.3, -0.25) is 0 Å². The zero-order chi connectivity index (χ0) is 22.7. The summed E-state index contributed by atoms with van der Waals surface area (Å²) in [7, 11) is -7.89. The SMILES string of the molecule is CC(S(=O)(=O)NCCCCCCCCC#N)S(=O)(=O)NCCCCCCCCC#N. The number of rotatable bonds is 20. The summed E-state index contributed by atoms with van der Waals surface area (Å²) in [4.78, 5) is 0. The molecule has 0 aliphatic carbocycles. The Balaban J connectivity index is 3.99. The zero-order valence-corrected chi connectivity index (χ0v) is 19.9. The number of nitriles is 2. The fourth-order valence-electron chi connectivity index (χ4n) is 2.90. The van der Waals surface area contributed by atoms with Gasteiger partial charge in [0.25, 0.3) is 0 Å². The minimum absolute atomic E-state index is 0.228. The third kappa shape index (κ3) is 14.7. The van der Waals surface area contributed by atoms with Gasteiger partial charge < -0.3 is 0 Å². The quantitative estimate of drug-likeness (QED) is 0.264. The van der Waals surface area contributed by atoms with Crippen molar-refractivity contribution in [3.63, 3.8) is 0 Å². The van der Waals surface area contributed by atoms with E-state index in [1.807, 2.05) is 0 Å². The van der Waals surface area contributed by atoms with Crippen molar-refractivity contribution in [1.82, 2.24) is 9.44 Å². The van der Waals surface area contributed by atoms with Crippen LogP contribution in [0.3, 0.4) is 0 Å². The summed E-state index contributed by atoms with van der Waals surface area (Å²) in [5.74, 6) is 0. The molecule has 0 aromatic carbocycles. The van der Waals surface area contributed by atoms with Crippen molar-refractivity contribution in [2.45, 2.75) is 101 Å². The van der Waals surface area contributed by atoms with Gasteiger partial charge in [0.15, 0.2) is 4.58 Å². The average Bonchev–Trinajstić information content (AvgIpc) is 2.70. The average molecular weight is 463 g/mol. The molecule has 0 rings (SSSR count). The van der Waals surface area contributed by atoms with Crippen LogP contribution in [0.5, 0.6) is 0 Å². The van der Waals surface area contributed by atoms with Gasteiger partial charge in [0.1, 0.15) is 0 Å². The Bertz CT molecular complexity index is 663. The van der Waals surface area contributed by atoms with Crippen molar-refractivity contribution in [2.24, 2.45) is 0 Å². The topological polar surface area (TPSA) is 140 Å². The molecule has 0 aromatic heterocycles. The van der Waals surface area contributed by atoms with Crippen LogP contribution in [0.1, 0.15) is 96.8 Å². The van der Waals surface area contributed by atoms with Crippen LogP contribution < -0.4 is 9.44 Å². The van der Waals surface area contributed by atoms with E-state index in [1.54, 1.807) is 0 Å². The number of unbranched alkanes of at least 4 members (excludes halogenated alkanes) is 12. The first-order chi connectivity index (χ1) is 14.3. The van der Waals surface area contributed by atoms with Gasteiger partial charge in [-0.25, -0.2) is 26.3 Å². The Morgan fingerprint density at radius 3 is 1.23 bits per heavy atom. The molecule has 174 valence electrons. The van der Waals surface area contributed by atoms with E-state index < -0.39 is 24.6 Å². The zero-order valence-electron chi connectivity index (χ0n) is 18.2. The summed E-state index contributed by atoms with van der Waals surface area (Å²) in [6.45, 7) is 1.65. The highest BCUT2D eigenvalue weighted by atomic mass is 32.3. The van der Waals surface area contributed by atoms with E-state index in [1.165, 1.54) is 6.92 Å². The second kappa shape index (κ2) is 17.5. The van der Waals surface area contributed by atoms with E-state index in [2.05, 4.69) is 21.6 Å². The molecule has 10 heteroatoms. The summed E-state index contributed by atoms with van der Waals surface area (Å²) in [5, 5.41) is 16.9. The Labute approximate surface area is 183 Å². The van der Waals surface area contributed by atoms with E-state index in [-0.39, 0.29) is 13.1 Å². The molecule has 30 heavy (non-hydrogen) atoms. The number of nitrogens with zero attached hydrogens (tertiary/aromatic N) is 2. The Morgan fingerprint density at radius 1 is 0.600 bits per heavy atom. The van der Waals surface area contributed by atoms with E-state index in [0.717, 1.165) is 64.2 Å². The number of nitrogens with one attached hydrogen (secondary N) is 2. The minimum Gasteiger partial charge on any atom is -0.214 e. The van der Waals surface area contributed by atoms with Crippen LogP contribution in [0.15, 0.2) is 0 Å². The lowest BCUT2D eigenvalue weighted by molar-refractivity contribution is 0.550. The smallest absolute Gasteiger partial charge is 0.214 e. The van der Waals surface area contributed by atoms with Crippen LogP contribution in [0.4, 0.5) is 0 Å². The summed E-state index contributed by atoms with van der Waals surface area (Å²) >= 11 is 0. The van der Waals surface area contributed by atoms with E-state index in [0.29, 0.717) is 25.7 Å². The van der Waals surface area contributed by atoms with Crippen LogP contribution in [-0.2, 0) is 20.0 Å². The molecular weight excluding hydrogens is 424 g/mol. The van der Waals surface area contributed by atoms with Gasteiger partial charge in [-0.05, 0) is 32.6 Å². The maximum Gasteiger partial charge on any atom is 0.230 e. The number of hydrogen-bond donors (Lipinski definition) is 2. The first-order valence-electron chi connectivity index (χ1n) is 11.0. The lowest BCUT2D eigenvalue weighted by Gasteiger charge is -2.15. The molecular formula is C20H38N4O4S2. The van der Waals surface area contributed by atoms with Crippen LogP contribution in [-0.4, -0.2) is 34.5 Å². The maximum absolute atomic E-state index is 12.3. The lowest BCUT2D eigenvalue weighted by atomic mass is 10.1. The predicted octanol–water partition coefficient (Wildman–Crippen LogP) is 3.68. The molecule has 0 bridgehead atoms. The molecule has 0 aromatic rings. The molecule has 0 atom stereocenters. The minimum atomic E-state index is -3.95. The highest BCUT2D eigenvalue weighted by molar-refractivity contribution is 8.07. The Kier molecular flexibility index (Phi) is 16.8. The first kappa shape index (κ1) is 28.8. The molecule has 0 aliphatic heterocycles. The maximum atomic E-state index is 12.3. The van der Waals surface area contributed by atoms with Crippen molar-refractivity contribution in [3.8, 4) is 12.1 Å². The van der Waals surface area contributed by atoms with E-state index in [4.69, 9.17) is 10.5 Å².